The van der Waals surface area contributed by atoms with Crippen LogP contribution < -0.4 is 0 Å². The van der Waals surface area contributed by atoms with Gasteiger partial charge in [-0.2, -0.15) is 0 Å². The summed E-state index contributed by atoms with van der Waals surface area (Å²) in [4.78, 5) is 0. The quantitative estimate of drug-likeness (QED) is 0.441. The van der Waals surface area contributed by atoms with Crippen molar-refractivity contribution in [3.63, 3.8) is 0 Å². The largest absolute Gasteiger partial charge is 0.105 e. The van der Waals surface area contributed by atoms with Crippen LogP contribution in [0.2, 0.25) is 0 Å². The van der Waals surface area contributed by atoms with Gasteiger partial charge in [-0.1, -0.05) is 32.1 Å². The van der Waals surface area contributed by atoms with Crippen LogP contribution in [0.25, 0.3) is 0 Å². The van der Waals surface area contributed by atoms with Gasteiger partial charge in [0.15, 0.2) is 0 Å². The third kappa shape index (κ3) is 5.87. The minimum absolute atomic E-state index is 0.278. The summed E-state index contributed by atoms with van der Waals surface area (Å²) in [5.74, 6) is 12.5. The van der Waals surface area contributed by atoms with Gasteiger partial charge in [-0.25, -0.2) is 0 Å². The Morgan fingerprint density at radius 3 is 2.50 bits per heavy atom. The highest BCUT2D eigenvalue weighted by molar-refractivity contribution is 5.17. The number of unbranched alkanes of at least 4 members (excludes halogenated alkanes) is 2. The van der Waals surface area contributed by atoms with Crippen LogP contribution in [0.15, 0.2) is 0 Å². The van der Waals surface area contributed by atoms with Crippen molar-refractivity contribution < 1.29 is 0 Å². The lowest BCUT2D eigenvalue weighted by Gasteiger charge is -1.94. The van der Waals surface area contributed by atoms with E-state index in [2.05, 4.69) is 44.0 Å². The molecule has 0 saturated carbocycles. The van der Waals surface area contributed by atoms with Gasteiger partial charge in [0.05, 0.1) is 5.92 Å². The molecule has 0 aromatic heterocycles. The lowest BCUT2D eigenvalue weighted by Crippen LogP contribution is -1.89. The second-order valence-electron chi connectivity index (χ2n) is 2.58. The smallest absolute Gasteiger partial charge is 0.0808 e. The van der Waals surface area contributed by atoms with Gasteiger partial charge in [-0.3, -0.25) is 0 Å². The van der Waals surface area contributed by atoms with Crippen LogP contribution in [-0.2, 0) is 0 Å². The first kappa shape index (κ1) is 11.1. The summed E-state index contributed by atoms with van der Waals surface area (Å²) in [6, 6.07) is 0. The Hall–Kier alpha value is -0.880. The summed E-state index contributed by atoms with van der Waals surface area (Å²) in [5.41, 5.74) is 0. The topological polar surface area (TPSA) is 0 Å². The Morgan fingerprint density at radius 2 is 2.00 bits per heavy atom. The maximum absolute atomic E-state index is 3.15. The van der Waals surface area contributed by atoms with E-state index in [-0.39, 0.29) is 5.92 Å². The van der Waals surface area contributed by atoms with Crippen LogP contribution in [0.5, 0.6) is 0 Å². The zero-order valence-electron chi connectivity index (χ0n) is 8.28. The second kappa shape index (κ2) is 8.22. The fourth-order valence-corrected chi connectivity index (χ4v) is 0.813. The average molecular weight is 161 g/mol. The van der Waals surface area contributed by atoms with Gasteiger partial charge in [0, 0.05) is 6.42 Å². The molecule has 0 saturated heterocycles. The van der Waals surface area contributed by atoms with E-state index >= 15 is 0 Å². The fraction of sp³-hybridized carbons (Fsp3) is 0.583. The molecule has 1 unspecified atom stereocenters. The zero-order valence-corrected chi connectivity index (χ0v) is 8.28. The van der Waals surface area contributed by atoms with E-state index in [0.29, 0.717) is 0 Å². The maximum Gasteiger partial charge on any atom is 0.0808 e. The molecule has 0 bridgehead atoms. The first-order chi connectivity index (χ1) is 5.85. The van der Waals surface area contributed by atoms with E-state index in [1.165, 1.54) is 0 Å². The summed E-state index contributed by atoms with van der Waals surface area (Å²) in [7, 11) is 0. The molecule has 1 atom stereocenters. The van der Waals surface area contributed by atoms with Crippen molar-refractivity contribution in [3.05, 3.63) is 6.42 Å². The minimum atomic E-state index is 0.278. The van der Waals surface area contributed by atoms with Crippen LogP contribution in [0, 0.1) is 36.0 Å². The summed E-state index contributed by atoms with van der Waals surface area (Å²) in [6.07, 6.45) is 5.21. The van der Waals surface area contributed by atoms with Gasteiger partial charge >= 0.3 is 0 Å². The van der Waals surface area contributed by atoms with Gasteiger partial charge in [0.2, 0.25) is 0 Å². The summed E-state index contributed by atoms with van der Waals surface area (Å²) in [6.45, 7) is 6.11. The molecule has 0 heteroatoms. The molecule has 0 N–H and O–H groups in total. The van der Waals surface area contributed by atoms with E-state index < -0.39 is 0 Å². The SMILES string of the molecule is CC#CC(C#CC[CH]CC)CC. The molecule has 0 rings (SSSR count). The van der Waals surface area contributed by atoms with Crippen LogP contribution in [0.1, 0.15) is 40.0 Å². The molecule has 0 heterocycles. The molecule has 65 valence electrons. The highest BCUT2D eigenvalue weighted by Crippen LogP contribution is 1.98. The predicted molar refractivity (Wildman–Crippen MR) is 54.2 cm³/mol. The molecule has 0 amide bonds. The third-order valence-corrected chi connectivity index (χ3v) is 1.54. The van der Waals surface area contributed by atoms with E-state index in [1.807, 2.05) is 6.92 Å². The van der Waals surface area contributed by atoms with Crippen molar-refractivity contribution in [2.75, 3.05) is 0 Å². The van der Waals surface area contributed by atoms with Crippen LogP contribution in [-0.4, -0.2) is 0 Å². The lowest BCUT2D eigenvalue weighted by molar-refractivity contribution is 0.825. The van der Waals surface area contributed by atoms with Crippen molar-refractivity contribution in [2.24, 2.45) is 5.92 Å². The van der Waals surface area contributed by atoms with E-state index in [1.54, 1.807) is 0 Å². The Kier molecular flexibility index (Phi) is 7.62. The monoisotopic (exact) mass is 161 g/mol. The van der Waals surface area contributed by atoms with Crippen LogP contribution >= 0.6 is 0 Å². The van der Waals surface area contributed by atoms with E-state index in [0.717, 1.165) is 19.3 Å². The molecule has 12 heavy (non-hydrogen) atoms. The minimum Gasteiger partial charge on any atom is -0.105 e. The molecule has 0 aliphatic heterocycles. The fourth-order valence-electron chi connectivity index (χ4n) is 0.813. The molecular weight excluding hydrogens is 144 g/mol. The first-order valence-electron chi connectivity index (χ1n) is 4.57. The number of rotatable bonds is 3. The molecular formula is C12H17. The summed E-state index contributed by atoms with van der Waals surface area (Å²) in [5, 5.41) is 0. The van der Waals surface area contributed by atoms with E-state index in [9.17, 15) is 0 Å². The highest BCUT2D eigenvalue weighted by atomic mass is 13.9. The van der Waals surface area contributed by atoms with Gasteiger partial charge in [0.25, 0.3) is 0 Å². The Balaban J connectivity index is 3.77. The van der Waals surface area contributed by atoms with Crippen LogP contribution in [0.4, 0.5) is 0 Å². The molecule has 0 aliphatic rings. The van der Waals surface area contributed by atoms with Crippen LogP contribution in [0.3, 0.4) is 0 Å². The molecule has 0 nitrogen and oxygen atoms in total. The van der Waals surface area contributed by atoms with Gasteiger partial charge < -0.3 is 0 Å². The maximum atomic E-state index is 3.15. The Bertz CT molecular complexity index is 204. The summed E-state index contributed by atoms with van der Waals surface area (Å²) >= 11 is 0. The lowest BCUT2D eigenvalue weighted by atomic mass is 10.1. The highest BCUT2D eigenvalue weighted by Gasteiger charge is 1.92. The van der Waals surface area contributed by atoms with Crippen molar-refractivity contribution in [1.82, 2.24) is 0 Å². The molecule has 0 aliphatic carbocycles. The second-order valence-corrected chi connectivity index (χ2v) is 2.58. The van der Waals surface area contributed by atoms with Crippen molar-refractivity contribution in [3.8, 4) is 23.7 Å². The zero-order chi connectivity index (χ0) is 9.23. The number of hydrogen-bond acceptors (Lipinski definition) is 0. The van der Waals surface area contributed by atoms with Crippen molar-refractivity contribution >= 4 is 0 Å². The average Bonchev–Trinajstić information content (AvgIpc) is 2.10. The summed E-state index contributed by atoms with van der Waals surface area (Å²) < 4.78 is 0. The van der Waals surface area contributed by atoms with E-state index in [4.69, 9.17) is 0 Å². The molecule has 0 spiro atoms. The molecule has 1 radical (unpaired) electrons. The van der Waals surface area contributed by atoms with Crippen molar-refractivity contribution in [1.29, 1.82) is 0 Å². The van der Waals surface area contributed by atoms with Gasteiger partial charge in [-0.05, 0) is 19.8 Å². The third-order valence-electron chi connectivity index (χ3n) is 1.54. The van der Waals surface area contributed by atoms with Gasteiger partial charge in [-0.15, -0.1) is 11.8 Å². The molecule has 0 aromatic carbocycles. The predicted octanol–water partition coefficient (Wildman–Crippen LogP) is 3.04. The van der Waals surface area contributed by atoms with Gasteiger partial charge in [0.1, 0.15) is 0 Å². The Labute approximate surface area is 76.8 Å². The number of hydrogen-bond donors (Lipinski definition) is 0. The molecule has 0 aromatic rings. The first-order valence-corrected chi connectivity index (χ1v) is 4.57. The Morgan fingerprint density at radius 1 is 1.25 bits per heavy atom. The normalized spacial score (nSPS) is 10.6. The molecule has 0 fully saturated rings. The van der Waals surface area contributed by atoms with Crippen molar-refractivity contribution in [2.45, 2.75) is 40.0 Å². The standard InChI is InChI=1S/C12H17/c1-4-7-8-9-11-12(6-3)10-5-2/h7,12H,4,6,8H2,1-3H3.